The fourth-order valence-corrected chi connectivity index (χ4v) is 4.31. The van der Waals surface area contributed by atoms with E-state index in [-0.39, 0.29) is 16.3 Å². The standard InChI is InChI=1S/C16H16N4O3S2.H2O4S.H2O/c1-10-15(24-16(18-10)19-11(2)21)12-4-5-14(25(3,22)23)13(8-12)20-7-6-17-9-20;1-5(2,3)4;/h4-9H,1-3H3,(H,18,19,21);(H2,1,2,3,4);1H2. The molecule has 3 aromatic rings. The van der Waals surface area contributed by atoms with Crippen LogP contribution in [0.15, 0.2) is 41.8 Å². The van der Waals surface area contributed by atoms with Gasteiger partial charge in [0.05, 0.1) is 27.5 Å². The molecule has 170 valence electrons. The first kappa shape index (κ1) is 26.3. The van der Waals surface area contributed by atoms with Gasteiger partial charge in [-0.1, -0.05) is 17.4 Å². The van der Waals surface area contributed by atoms with Crippen LogP contribution in [0.5, 0.6) is 0 Å². The monoisotopic (exact) mass is 492 g/mol. The summed E-state index contributed by atoms with van der Waals surface area (Å²) in [5.41, 5.74) is 2.10. The van der Waals surface area contributed by atoms with E-state index in [0.29, 0.717) is 10.8 Å². The molecule has 1 aromatic carbocycles. The third-order valence-corrected chi connectivity index (χ3v) is 5.75. The second-order valence-electron chi connectivity index (χ2n) is 5.99. The zero-order chi connectivity index (χ0) is 22.7. The summed E-state index contributed by atoms with van der Waals surface area (Å²) in [6, 6.07) is 5.11. The molecule has 15 heteroatoms. The van der Waals surface area contributed by atoms with E-state index in [1.165, 1.54) is 24.5 Å². The van der Waals surface area contributed by atoms with Gasteiger partial charge in [-0.2, -0.15) is 8.42 Å². The molecule has 0 aliphatic carbocycles. The summed E-state index contributed by atoms with van der Waals surface area (Å²) in [6.07, 6.45) is 6.01. The number of hydrogen-bond donors (Lipinski definition) is 3. The third-order valence-electron chi connectivity index (χ3n) is 3.48. The molecular formula is C16H20N4O8S3. The van der Waals surface area contributed by atoms with Crippen LogP contribution in [0.1, 0.15) is 12.6 Å². The van der Waals surface area contributed by atoms with Gasteiger partial charge in [-0.3, -0.25) is 13.9 Å². The summed E-state index contributed by atoms with van der Waals surface area (Å²) in [5.74, 6) is -0.188. The Hall–Kier alpha value is -2.69. The van der Waals surface area contributed by atoms with E-state index in [1.54, 1.807) is 41.5 Å². The summed E-state index contributed by atoms with van der Waals surface area (Å²) in [7, 11) is -8.06. The molecule has 0 saturated heterocycles. The zero-order valence-electron chi connectivity index (χ0n) is 16.5. The van der Waals surface area contributed by atoms with E-state index in [1.807, 2.05) is 6.92 Å². The van der Waals surface area contributed by atoms with E-state index in [0.717, 1.165) is 16.1 Å². The van der Waals surface area contributed by atoms with Crippen molar-refractivity contribution in [2.75, 3.05) is 11.6 Å². The summed E-state index contributed by atoms with van der Waals surface area (Å²) < 4.78 is 57.4. The smallest absolute Gasteiger partial charge is 0.394 e. The van der Waals surface area contributed by atoms with Gasteiger partial charge in [-0.15, -0.1) is 0 Å². The number of imidazole rings is 1. The highest BCUT2D eigenvalue weighted by Crippen LogP contribution is 2.35. The largest absolute Gasteiger partial charge is 0.412 e. The van der Waals surface area contributed by atoms with Crippen LogP contribution in [0.4, 0.5) is 5.13 Å². The molecule has 0 atom stereocenters. The topological polar surface area (TPSA) is 200 Å². The Balaban J connectivity index is 0.000000721. The van der Waals surface area contributed by atoms with Crippen molar-refractivity contribution in [2.24, 2.45) is 0 Å². The zero-order valence-corrected chi connectivity index (χ0v) is 18.9. The highest BCUT2D eigenvalue weighted by Gasteiger charge is 2.18. The van der Waals surface area contributed by atoms with Crippen molar-refractivity contribution in [3.05, 3.63) is 42.6 Å². The number of thiazole rings is 1. The van der Waals surface area contributed by atoms with Gasteiger partial charge in [-0.05, 0) is 24.6 Å². The van der Waals surface area contributed by atoms with Crippen LogP contribution in [0, 0.1) is 6.92 Å². The Kier molecular flexibility index (Phi) is 8.57. The Morgan fingerprint density at radius 2 is 1.81 bits per heavy atom. The molecule has 2 aromatic heterocycles. The normalized spacial score (nSPS) is 11.1. The van der Waals surface area contributed by atoms with Crippen molar-refractivity contribution < 1.29 is 36.2 Å². The average molecular weight is 493 g/mol. The van der Waals surface area contributed by atoms with Crippen molar-refractivity contribution in [1.29, 1.82) is 0 Å². The Morgan fingerprint density at radius 3 is 2.29 bits per heavy atom. The second kappa shape index (κ2) is 10.1. The predicted molar refractivity (Wildman–Crippen MR) is 115 cm³/mol. The number of aromatic nitrogens is 3. The fourth-order valence-electron chi connectivity index (χ4n) is 2.44. The quantitative estimate of drug-likeness (QED) is 0.447. The molecule has 0 fully saturated rings. The summed E-state index contributed by atoms with van der Waals surface area (Å²) in [4.78, 5) is 20.6. The highest BCUT2D eigenvalue weighted by atomic mass is 32.3. The van der Waals surface area contributed by atoms with Gasteiger partial charge >= 0.3 is 10.4 Å². The molecule has 1 amide bonds. The number of hydrogen-bond acceptors (Lipinski definition) is 8. The van der Waals surface area contributed by atoms with Crippen molar-refractivity contribution in [2.45, 2.75) is 18.7 Å². The lowest BCUT2D eigenvalue weighted by atomic mass is 10.1. The van der Waals surface area contributed by atoms with Gasteiger partial charge in [-0.25, -0.2) is 18.4 Å². The van der Waals surface area contributed by atoms with E-state index in [9.17, 15) is 13.2 Å². The number of carbonyl (C=O) groups excluding carboxylic acids is 1. The molecule has 3 rings (SSSR count). The Labute approximate surface area is 182 Å². The fraction of sp³-hybridized carbons (Fsp3) is 0.188. The Morgan fingerprint density at radius 1 is 1.19 bits per heavy atom. The predicted octanol–water partition coefficient (Wildman–Crippen LogP) is 1.19. The average Bonchev–Trinajstić information content (AvgIpc) is 3.21. The van der Waals surface area contributed by atoms with Crippen LogP contribution in [0.2, 0.25) is 0 Å². The minimum atomic E-state index is -4.67. The Bertz CT molecular complexity index is 1260. The van der Waals surface area contributed by atoms with Gasteiger partial charge in [0, 0.05) is 25.6 Å². The minimum Gasteiger partial charge on any atom is -0.412 e. The van der Waals surface area contributed by atoms with E-state index >= 15 is 0 Å². The maximum atomic E-state index is 12.1. The van der Waals surface area contributed by atoms with Crippen LogP contribution in [0.3, 0.4) is 0 Å². The number of nitrogens with zero attached hydrogens (tertiary/aromatic N) is 3. The molecule has 31 heavy (non-hydrogen) atoms. The minimum absolute atomic E-state index is 0. The highest BCUT2D eigenvalue weighted by molar-refractivity contribution is 7.90. The number of anilines is 1. The SMILES string of the molecule is CC(=O)Nc1nc(C)c(-c2ccc(S(C)(=O)=O)c(-n3ccnc3)c2)s1.O.O=S(=O)(O)O. The van der Waals surface area contributed by atoms with Gasteiger partial charge < -0.3 is 15.4 Å². The summed E-state index contributed by atoms with van der Waals surface area (Å²) in [5, 5.41) is 3.18. The molecule has 0 bridgehead atoms. The van der Waals surface area contributed by atoms with Crippen molar-refractivity contribution in [3.63, 3.8) is 0 Å². The molecular weight excluding hydrogens is 472 g/mol. The first-order chi connectivity index (χ1) is 13.8. The van der Waals surface area contributed by atoms with Gasteiger partial charge in [0.2, 0.25) is 5.91 Å². The van der Waals surface area contributed by atoms with Crippen molar-refractivity contribution in [3.8, 4) is 16.1 Å². The van der Waals surface area contributed by atoms with Crippen LogP contribution in [-0.2, 0) is 25.0 Å². The number of nitrogens with one attached hydrogen (secondary N) is 1. The molecule has 0 spiro atoms. The van der Waals surface area contributed by atoms with E-state index in [4.69, 9.17) is 17.5 Å². The van der Waals surface area contributed by atoms with E-state index in [2.05, 4.69) is 15.3 Å². The first-order valence-electron chi connectivity index (χ1n) is 8.03. The summed E-state index contributed by atoms with van der Waals surface area (Å²) in [6.45, 7) is 3.27. The molecule has 2 heterocycles. The number of sulfone groups is 1. The van der Waals surface area contributed by atoms with Gasteiger partial charge in [0.1, 0.15) is 0 Å². The third kappa shape index (κ3) is 7.82. The molecule has 5 N–H and O–H groups in total. The summed E-state index contributed by atoms with van der Waals surface area (Å²) >= 11 is 1.34. The first-order valence-corrected chi connectivity index (χ1v) is 12.1. The molecule has 0 aliphatic rings. The van der Waals surface area contributed by atoms with Crippen LogP contribution in [0.25, 0.3) is 16.1 Å². The molecule has 0 aliphatic heterocycles. The number of amides is 1. The van der Waals surface area contributed by atoms with Crippen molar-refractivity contribution >= 4 is 42.6 Å². The number of aryl methyl sites for hydroxylation is 1. The van der Waals surface area contributed by atoms with Crippen LogP contribution in [-0.4, -0.2) is 58.1 Å². The molecule has 0 radical (unpaired) electrons. The number of rotatable bonds is 4. The lowest BCUT2D eigenvalue weighted by Gasteiger charge is -2.11. The number of benzene rings is 1. The lowest BCUT2D eigenvalue weighted by Crippen LogP contribution is -2.04. The molecule has 12 nitrogen and oxygen atoms in total. The maximum absolute atomic E-state index is 12.1. The van der Waals surface area contributed by atoms with Gasteiger partial charge in [0.25, 0.3) is 0 Å². The van der Waals surface area contributed by atoms with Crippen LogP contribution < -0.4 is 5.32 Å². The second-order valence-corrected chi connectivity index (χ2v) is 9.87. The molecule has 0 saturated carbocycles. The number of carbonyl (C=O) groups is 1. The lowest BCUT2D eigenvalue weighted by molar-refractivity contribution is -0.114. The molecule has 0 unspecified atom stereocenters. The maximum Gasteiger partial charge on any atom is 0.394 e. The van der Waals surface area contributed by atoms with Crippen LogP contribution >= 0.6 is 11.3 Å². The van der Waals surface area contributed by atoms with E-state index < -0.39 is 20.2 Å². The van der Waals surface area contributed by atoms with Gasteiger partial charge in [0.15, 0.2) is 15.0 Å². The van der Waals surface area contributed by atoms with Crippen molar-refractivity contribution in [1.82, 2.24) is 14.5 Å².